The van der Waals surface area contributed by atoms with Crippen LogP contribution < -0.4 is 5.32 Å². The van der Waals surface area contributed by atoms with Crippen LogP contribution >= 0.6 is 11.8 Å². The number of nitrogens with zero attached hydrogens (tertiary/aromatic N) is 2. The SMILES string of the molecule is CCNc1nc(C2CCCCS2)nc(C)c1C. The van der Waals surface area contributed by atoms with Crippen molar-refractivity contribution >= 4 is 17.6 Å². The normalized spacial score (nSPS) is 20.3. The molecule has 1 N–H and O–H groups in total. The van der Waals surface area contributed by atoms with Gasteiger partial charge in [-0.25, -0.2) is 9.97 Å². The zero-order valence-corrected chi connectivity index (χ0v) is 11.7. The molecule has 0 aromatic carbocycles. The second kappa shape index (κ2) is 5.71. The van der Waals surface area contributed by atoms with E-state index in [0.29, 0.717) is 5.25 Å². The maximum Gasteiger partial charge on any atom is 0.143 e. The van der Waals surface area contributed by atoms with Gasteiger partial charge in [0.2, 0.25) is 0 Å². The van der Waals surface area contributed by atoms with Gasteiger partial charge < -0.3 is 5.32 Å². The third kappa shape index (κ3) is 2.92. The van der Waals surface area contributed by atoms with E-state index in [4.69, 9.17) is 4.98 Å². The van der Waals surface area contributed by atoms with Crippen LogP contribution in [0.25, 0.3) is 0 Å². The molecule has 0 aliphatic carbocycles. The highest BCUT2D eigenvalue weighted by Gasteiger charge is 2.20. The van der Waals surface area contributed by atoms with Crippen LogP contribution in [0.15, 0.2) is 0 Å². The van der Waals surface area contributed by atoms with E-state index in [-0.39, 0.29) is 0 Å². The van der Waals surface area contributed by atoms with Crippen LogP contribution in [-0.2, 0) is 0 Å². The van der Waals surface area contributed by atoms with Crippen molar-refractivity contribution in [1.82, 2.24) is 9.97 Å². The Bertz CT molecular complexity index is 386. The molecule has 0 saturated carbocycles. The van der Waals surface area contributed by atoms with E-state index < -0.39 is 0 Å². The number of hydrogen-bond donors (Lipinski definition) is 1. The summed E-state index contributed by atoms with van der Waals surface area (Å²) in [5.41, 5.74) is 2.29. The molecule has 1 saturated heterocycles. The molecule has 2 rings (SSSR count). The average Bonchev–Trinajstić information content (AvgIpc) is 2.36. The van der Waals surface area contributed by atoms with Crippen molar-refractivity contribution < 1.29 is 0 Å². The number of rotatable bonds is 3. The standard InChI is InChI=1S/C13H21N3S/c1-4-14-12-9(2)10(3)15-13(16-12)11-7-5-6-8-17-11/h11H,4-8H2,1-3H3,(H,14,15,16). The molecule has 1 aromatic rings. The van der Waals surface area contributed by atoms with Crippen LogP contribution in [-0.4, -0.2) is 22.3 Å². The lowest BCUT2D eigenvalue weighted by Crippen LogP contribution is -2.12. The first-order valence-corrected chi connectivity index (χ1v) is 7.48. The Morgan fingerprint density at radius 2 is 2.12 bits per heavy atom. The summed E-state index contributed by atoms with van der Waals surface area (Å²) < 4.78 is 0. The molecular weight excluding hydrogens is 230 g/mol. The molecule has 2 heterocycles. The maximum absolute atomic E-state index is 4.70. The highest BCUT2D eigenvalue weighted by molar-refractivity contribution is 7.99. The molecule has 4 heteroatoms. The molecule has 94 valence electrons. The smallest absolute Gasteiger partial charge is 0.143 e. The molecule has 0 bridgehead atoms. The molecule has 0 amide bonds. The topological polar surface area (TPSA) is 37.8 Å². The minimum absolute atomic E-state index is 0.500. The maximum atomic E-state index is 4.70. The molecule has 17 heavy (non-hydrogen) atoms. The van der Waals surface area contributed by atoms with Gasteiger partial charge in [-0.1, -0.05) is 6.42 Å². The summed E-state index contributed by atoms with van der Waals surface area (Å²) in [6, 6.07) is 0. The molecule has 1 aliphatic heterocycles. The highest BCUT2D eigenvalue weighted by atomic mass is 32.2. The van der Waals surface area contributed by atoms with E-state index in [1.807, 2.05) is 11.8 Å². The molecule has 3 nitrogen and oxygen atoms in total. The van der Waals surface area contributed by atoms with Crippen molar-refractivity contribution in [2.45, 2.75) is 45.3 Å². The summed E-state index contributed by atoms with van der Waals surface area (Å²) in [7, 11) is 0. The number of aryl methyl sites for hydroxylation is 1. The Morgan fingerprint density at radius 3 is 2.76 bits per heavy atom. The largest absolute Gasteiger partial charge is 0.370 e. The first kappa shape index (κ1) is 12.7. The molecule has 1 fully saturated rings. The second-order valence-electron chi connectivity index (χ2n) is 4.53. The van der Waals surface area contributed by atoms with Gasteiger partial charge in [0.15, 0.2) is 0 Å². The van der Waals surface area contributed by atoms with Crippen molar-refractivity contribution in [2.24, 2.45) is 0 Å². The van der Waals surface area contributed by atoms with E-state index in [9.17, 15) is 0 Å². The predicted octanol–water partition coefficient (Wildman–Crippen LogP) is 3.48. The number of aromatic nitrogens is 2. The average molecular weight is 251 g/mol. The van der Waals surface area contributed by atoms with Crippen LogP contribution in [0.2, 0.25) is 0 Å². The Hall–Kier alpha value is -0.770. The minimum Gasteiger partial charge on any atom is -0.370 e. The Morgan fingerprint density at radius 1 is 1.29 bits per heavy atom. The van der Waals surface area contributed by atoms with Gasteiger partial charge in [-0.15, -0.1) is 0 Å². The fourth-order valence-corrected chi connectivity index (χ4v) is 3.32. The van der Waals surface area contributed by atoms with Gasteiger partial charge in [0.05, 0.1) is 5.25 Å². The van der Waals surface area contributed by atoms with Crippen LogP contribution in [0.4, 0.5) is 5.82 Å². The highest BCUT2D eigenvalue weighted by Crippen LogP contribution is 2.37. The van der Waals surface area contributed by atoms with Crippen LogP contribution in [0.5, 0.6) is 0 Å². The molecule has 1 aliphatic rings. The molecular formula is C13H21N3S. The molecule has 1 unspecified atom stereocenters. The van der Waals surface area contributed by atoms with Gasteiger partial charge in [-0.05, 0) is 39.4 Å². The molecule has 1 aromatic heterocycles. The van der Waals surface area contributed by atoms with Crippen molar-refractivity contribution in [3.63, 3.8) is 0 Å². The van der Waals surface area contributed by atoms with Crippen LogP contribution in [0.3, 0.4) is 0 Å². The predicted molar refractivity (Wildman–Crippen MR) is 74.7 cm³/mol. The van der Waals surface area contributed by atoms with Gasteiger partial charge in [0.25, 0.3) is 0 Å². The third-order valence-corrected chi connectivity index (χ3v) is 4.59. The summed E-state index contributed by atoms with van der Waals surface area (Å²) in [6.07, 6.45) is 3.87. The quantitative estimate of drug-likeness (QED) is 0.892. The van der Waals surface area contributed by atoms with Crippen LogP contribution in [0.1, 0.15) is 48.5 Å². The lowest BCUT2D eigenvalue weighted by molar-refractivity contribution is 0.660. The van der Waals surface area contributed by atoms with Gasteiger partial charge in [-0.3, -0.25) is 0 Å². The summed E-state index contributed by atoms with van der Waals surface area (Å²) in [6.45, 7) is 7.18. The van der Waals surface area contributed by atoms with E-state index in [1.54, 1.807) is 0 Å². The zero-order chi connectivity index (χ0) is 12.3. The summed E-state index contributed by atoms with van der Waals surface area (Å²) in [4.78, 5) is 9.37. The lowest BCUT2D eigenvalue weighted by atomic mass is 10.1. The first-order chi connectivity index (χ1) is 8.22. The van der Waals surface area contributed by atoms with Gasteiger partial charge in [0.1, 0.15) is 11.6 Å². The van der Waals surface area contributed by atoms with Crippen molar-refractivity contribution in [3.05, 3.63) is 17.1 Å². The Labute approximate surface area is 108 Å². The van der Waals surface area contributed by atoms with E-state index in [1.165, 1.54) is 30.6 Å². The van der Waals surface area contributed by atoms with Gasteiger partial charge in [-0.2, -0.15) is 11.8 Å². The Kier molecular flexibility index (Phi) is 4.26. The number of hydrogen-bond acceptors (Lipinski definition) is 4. The van der Waals surface area contributed by atoms with Crippen molar-refractivity contribution in [1.29, 1.82) is 0 Å². The molecule has 0 radical (unpaired) electrons. The van der Waals surface area contributed by atoms with E-state index in [0.717, 1.165) is 23.9 Å². The zero-order valence-electron chi connectivity index (χ0n) is 10.9. The third-order valence-electron chi connectivity index (χ3n) is 3.22. The number of anilines is 1. The first-order valence-electron chi connectivity index (χ1n) is 6.43. The lowest BCUT2D eigenvalue weighted by Gasteiger charge is -2.21. The fraction of sp³-hybridized carbons (Fsp3) is 0.692. The van der Waals surface area contributed by atoms with E-state index in [2.05, 4.69) is 31.1 Å². The van der Waals surface area contributed by atoms with E-state index >= 15 is 0 Å². The Balaban J connectivity index is 2.27. The van der Waals surface area contributed by atoms with Gasteiger partial charge in [0, 0.05) is 17.8 Å². The molecule has 0 spiro atoms. The monoisotopic (exact) mass is 251 g/mol. The summed E-state index contributed by atoms with van der Waals surface area (Å²) in [5, 5.41) is 3.84. The summed E-state index contributed by atoms with van der Waals surface area (Å²) in [5.74, 6) is 3.28. The second-order valence-corrected chi connectivity index (χ2v) is 5.84. The number of thioether (sulfide) groups is 1. The van der Waals surface area contributed by atoms with Crippen molar-refractivity contribution in [2.75, 3.05) is 17.6 Å². The number of nitrogens with one attached hydrogen (secondary N) is 1. The van der Waals surface area contributed by atoms with Crippen LogP contribution in [0, 0.1) is 13.8 Å². The fourth-order valence-electron chi connectivity index (χ4n) is 2.08. The van der Waals surface area contributed by atoms with Crippen molar-refractivity contribution in [3.8, 4) is 0 Å². The molecule has 1 atom stereocenters. The minimum atomic E-state index is 0.500. The summed E-state index contributed by atoms with van der Waals surface area (Å²) >= 11 is 2.00. The van der Waals surface area contributed by atoms with Gasteiger partial charge >= 0.3 is 0 Å².